The summed E-state index contributed by atoms with van der Waals surface area (Å²) < 4.78 is 29.3. The fourth-order valence-corrected chi connectivity index (χ4v) is 3.54. The van der Waals surface area contributed by atoms with Gasteiger partial charge in [-0.25, -0.2) is 0 Å². The number of ketones is 4. The quantitative estimate of drug-likeness (QED) is 0.407. The van der Waals surface area contributed by atoms with E-state index < -0.39 is 11.6 Å². The molecule has 0 aromatic heterocycles. The zero-order valence-electron chi connectivity index (χ0n) is 20.8. The fourth-order valence-electron chi connectivity index (χ4n) is 3.12. The normalized spacial score (nSPS) is 18.7. The summed E-state index contributed by atoms with van der Waals surface area (Å²) in [7, 11) is 5.02. The molecule has 35 heavy (non-hydrogen) atoms. The van der Waals surface area contributed by atoms with E-state index in [2.05, 4.69) is 45.8 Å². The van der Waals surface area contributed by atoms with Crippen LogP contribution in [0.1, 0.15) is 27.2 Å². The minimum absolute atomic E-state index is 0.0133. The summed E-state index contributed by atoms with van der Waals surface area (Å²) in [6.07, 6.45) is 9.68. The van der Waals surface area contributed by atoms with Crippen molar-refractivity contribution in [3.8, 4) is 0 Å². The Labute approximate surface area is 206 Å². The molecular formula is C25H30O9P+. The van der Waals surface area contributed by atoms with E-state index in [4.69, 9.17) is 0 Å². The Balaban J connectivity index is 0.000000263. The summed E-state index contributed by atoms with van der Waals surface area (Å²) in [5.74, 6) is -1.36. The molecule has 0 fully saturated rings. The van der Waals surface area contributed by atoms with Gasteiger partial charge in [0.1, 0.15) is 0 Å². The predicted octanol–water partition coefficient (Wildman–Crippen LogP) is 3.67. The maximum atomic E-state index is 11.2. The molecule has 0 N–H and O–H groups in total. The number of carbonyl (C=O) groups is 4. The van der Waals surface area contributed by atoms with E-state index in [-0.39, 0.29) is 48.5 Å². The van der Waals surface area contributed by atoms with Gasteiger partial charge in [-0.1, -0.05) is 24.5 Å². The molecule has 0 aromatic carbocycles. The number of rotatable bonds is 5. The van der Waals surface area contributed by atoms with E-state index >= 15 is 0 Å². The van der Waals surface area contributed by atoms with Crippen molar-refractivity contribution in [3.05, 3.63) is 70.4 Å². The van der Waals surface area contributed by atoms with E-state index in [0.717, 1.165) is 36.0 Å². The first-order valence-electron chi connectivity index (χ1n) is 10.4. The molecule has 0 heterocycles. The van der Waals surface area contributed by atoms with E-state index in [1.165, 1.54) is 34.0 Å². The predicted molar refractivity (Wildman–Crippen MR) is 130 cm³/mol. The summed E-state index contributed by atoms with van der Waals surface area (Å²) in [5.41, 5.74) is 1.53. The van der Waals surface area contributed by atoms with Crippen LogP contribution in [-0.2, 0) is 42.7 Å². The minimum atomic E-state index is -0.403. The van der Waals surface area contributed by atoms with Crippen LogP contribution in [0, 0.1) is 5.41 Å². The summed E-state index contributed by atoms with van der Waals surface area (Å²) in [5, 5.41) is 1.00. The first-order chi connectivity index (χ1) is 16.4. The molecule has 0 amide bonds. The lowest BCUT2D eigenvalue weighted by molar-refractivity contribution is -0.120. The average Bonchev–Trinajstić information content (AvgIpc) is 2.81. The molecule has 0 saturated carbocycles. The smallest absolute Gasteiger partial charge is 0.363 e. The number of methoxy groups -OCH3 is 4. The molecule has 0 radical (unpaired) electrons. The number of hydrogen-bond donors (Lipinski definition) is 0. The van der Waals surface area contributed by atoms with E-state index in [9.17, 15) is 23.7 Å². The second kappa shape index (κ2) is 13.3. The highest BCUT2D eigenvalue weighted by Crippen LogP contribution is 2.36. The second-order valence-corrected chi connectivity index (χ2v) is 8.85. The summed E-state index contributed by atoms with van der Waals surface area (Å²) >= 11 is 0. The number of hydrogen-bond acceptors (Lipinski definition) is 9. The Morgan fingerprint density at radius 3 is 1.31 bits per heavy atom. The first-order valence-corrected chi connectivity index (χ1v) is 11.3. The van der Waals surface area contributed by atoms with Gasteiger partial charge in [-0.3, -0.25) is 19.2 Å². The van der Waals surface area contributed by atoms with Crippen molar-refractivity contribution in [1.29, 1.82) is 0 Å². The van der Waals surface area contributed by atoms with Crippen LogP contribution in [0.15, 0.2) is 70.4 Å². The summed E-state index contributed by atoms with van der Waals surface area (Å²) in [6.45, 7) is 6.45. The van der Waals surface area contributed by atoms with Gasteiger partial charge in [-0.05, 0) is 30.4 Å². The molecular weight excluding hydrogens is 475 g/mol. The third kappa shape index (κ3) is 8.61. The highest BCUT2D eigenvalue weighted by molar-refractivity contribution is 7.29. The summed E-state index contributed by atoms with van der Waals surface area (Å²) in [4.78, 5) is 44.2. The van der Waals surface area contributed by atoms with Gasteiger partial charge in [-0.2, -0.15) is 0 Å². The minimum Gasteiger partial charge on any atom is -0.492 e. The molecule has 0 aromatic rings. The lowest BCUT2D eigenvalue weighted by atomic mass is 9.82. The Morgan fingerprint density at radius 2 is 1.06 bits per heavy atom. The SMILES string of the molecule is CC1=C([PH+]=O)C=CC(C)(C)C1.COC1=CC(=O)C=C(OC)C1=O.COC1=CC(=O)C=C(OC)C1=O. The van der Waals surface area contributed by atoms with Gasteiger partial charge >= 0.3 is 8.46 Å². The van der Waals surface area contributed by atoms with E-state index in [1.807, 2.05) is 6.08 Å². The van der Waals surface area contributed by atoms with Gasteiger partial charge in [-0.15, -0.1) is 0 Å². The van der Waals surface area contributed by atoms with Crippen LogP contribution in [0.5, 0.6) is 0 Å². The third-order valence-electron chi connectivity index (χ3n) is 4.86. The van der Waals surface area contributed by atoms with Gasteiger partial charge in [0.25, 0.3) is 11.6 Å². The van der Waals surface area contributed by atoms with Gasteiger partial charge < -0.3 is 18.9 Å². The van der Waals surface area contributed by atoms with Crippen LogP contribution in [0.3, 0.4) is 0 Å². The van der Waals surface area contributed by atoms with Crippen molar-refractivity contribution >= 4 is 31.6 Å². The molecule has 3 rings (SSSR count). The number of carbonyl (C=O) groups excluding carboxylic acids is 4. The summed E-state index contributed by atoms with van der Waals surface area (Å²) in [6, 6.07) is 0. The highest BCUT2D eigenvalue weighted by atomic mass is 31.1. The van der Waals surface area contributed by atoms with Gasteiger partial charge in [0.15, 0.2) is 39.9 Å². The van der Waals surface area contributed by atoms with E-state index in [0.29, 0.717) is 0 Å². The van der Waals surface area contributed by atoms with Gasteiger partial charge in [0.2, 0.25) is 0 Å². The number of Topliss-reactive ketones (excluding diaryl/α,β-unsaturated/α-hetero) is 2. The zero-order chi connectivity index (χ0) is 26.8. The molecule has 0 saturated heterocycles. The maximum absolute atomic E-state index is 11.2. The van der Waals surface area contributed by atoms with Crippen molar-refractivity contribution in [2.75, 3.05) is 28.4 Å². The lowest BCUT2D eigenvalue weighted by Crippen LogP contribution is -2.16. The Hall–Kier alpha value is -3.58. The van der Waals surface area contributed by atoms with Crippen molar-refractivity contribution < 1.29 is 42.7 Å². The van der Waals surface area contributed by atoms with E-state index in [1.54, 1.807) is 0 Å². The van der Waals surface area contributed by atoms with Crippen molar-refractivity contribution in [2.24, 2.45) is 5.41 Å². The van der Waals surface area contributed by atoms with Crippen LogP contribution in [-0.4, -0.2) is 51.6 Å². The van der Waals surface area contributed by atoms with Crippen LogP contribution >= 0.6 is 8.46 Å². The van der Waals surface area contributed by atoms with Crippen molar-refractivity contribution in [2.45, 2.75) is 27.2 Å². The highest BCUT2D eigenvalue weighted by Gasteiger charge is 2.24. The average molecular weight is 505 g/mol. The number of ether oxygens (including phenoxy) is 4. The standard InChI is InChI=1S/C9H13OP.2C8H8O4/c1-7-6-9(2,3)5-4-8(7)11-10;2*1-11-6-3-5(9)4-7(12-2)8(6)10/h4-5H,6H2,1-3H3;2*3-4H,1-2H3/p+1. The van der Waals surface area contributed by atoms with Crippen molar-refractivity contribution in [1.82, 2.24) is 0 Å². The molecule has 0 aliphatic heterocycles. The molecule has 0 bridgehead atoms. The van der Waals surface area contributed by atoms with Gasteiger partial charge in [0.05, 0.1) is 28.4 Å². The van der Waals surface area contributed by atoms with Crippen molar-refractivity contribution in [3.63, 3.8) is 0 Å². The molecule has 1 atom stereocenters. The molecule has 9 nitrogen and oxygen atoms in total. The van der Waals surface area contributed by atoms with Gasteiger partial charge in [0, 0.05) is 24.3 Å². The largest absolute Gasteiger partial charge is 0.492 e. The topological polar surface area (TPSA) is 122 Å². The molecule has 10 heteroatoms. The molecule has 3 aliphatic rings. The second-order valence-electron chi connectivity index (χ2n) is 8.11. The van der Waals surface area contributed by atoms with Crippen LogP contribution in [0.2, 0.25) is 0 Å². The van der Waals surface area contributed by atoms with Crippen LogP contribution in [0.25, 0.3) is 0 Å². The zero-order valence-corrected chi connectivity index (χ0v) is 21.8. The monoisotopic (exact) mass is 505 g/mol. The maximum Gasteiger partial charge on any atom is 0.363 e. The molecule has 1 unspecified atom stereocenters. The lowest BCUT2D eigenvalue weighted by Gasteiger charge is -2.22. The number of allylic oxidation sites excluding steroid dienone is 8. The van der Waals surface area contributed by atoms with Crippen LogP contribution < -0.4 is 0 Å². The Morgan fingerprint density at radius 1 is 0.714 bits per heavy atom. The molecule has 3 aliphatic carbocycles. The molecule has 188 valence electrons. The third-order valence-corrected chi connectivity index (χ3v) is 5.67. The first kappa shape index (κ1) is 29.5. The Bertz CT molecular complexity index is 970. The molecule has 0 spiro atoms. The fraction of sp³-hybridized carbons (Fsp3) is 0.360. The Kier molecular flexibility index (Phi) is 11.2. The van der Waals surface area contributed by atoms with Crippen LogP contribution in [0.4, 0.5) is 0 Å².